The van der Waals surface area contributed by atoms with Gasteiger partial charge in [0.1, 0.15) is 11.6 Å². The van der Waals surface area contributed by atoms with Gasteiger partial charge in [-0.2, -0.15) is 8.42 Å². The summed E-state index contributed by atoms with van der Waals surface area (Å²) in [5.74, 6) is 1.16. The van der Waals surface area contributed by atoms with Crippen molar-refractivity contribution in [1.82, 2.24) is 9.44 Å². The van der Waals surface area contributed by atoms with E-state index < -0.39 is 10.2 Å². The molecular formula is C19H21N3O3S. The summed E-state index contributed by atoms with van der Waals surface area (Å²) in [5, 5.41) is 0. The Labute approximate surface area is 153 Å². The van der Waals surface area contributed by atoms with E-state index in [4.69, 9.17) is 4.74 Å². The van der Waals surface area contributed by atoms with E-state index >= 15 is 0 Å². The number of rotatable bonds is 6. The number of hydrogen-bond acceptors (Lipinski definition) is 4. The first-order valence-electron chi connectivity index (χ1n) is 8.26. The third-order valence-corrected chi connectivity index (χ3v) is 4.90. The van der Waals surface area contributed by atoms with E-state index in [-0.39, 0.29) is 0 Å². The Morgan fingerprint density at radius 1 is 0.962 bits per heavy atom. The van der Waals surface area contributed by atoms with Crippen molar-refractivity contribution in [1.29, 1.82) is 0 Å². The van der Waals surface area contributed by atoms with Crippen molar-refractivity contribution in [2.45, 2.75) is 12.8 Å². The molecule has 26 heavy (non-hydrogen) atoms. The first kappa shape index (κ1) is 18.0. The van der Waals surface area contributed by atoms with Gasteiger partial charge in [-0.3, -0.25) is 14.4 Å². The fourth-order valence-electron chi connectivity index (χ4n) is 2.64. The molecule has 0 saturated heterocycles. The molecule has 1 aliphatic rings. The summed E-state index contributed by atoms with van der Waals surface area (Å²) in [6.45, 7) is 0.485. The van der Waals surface area contributed by atoms with E-state index in [1.807, 2.05) is 54.6 Å². The van der Waals surface area contributed by atoms with Gasteiger partial charge in [0, 0.05) is 24.7 Å². The molecule has 0 amide bonds. The maximum absolute atomic E-state index is 12.0. The Bertz CT molecular complexity index is 905. The van der Waals surface area contributed by atoms with Gasteiger partial charge in [0.25, 0.3) is 0 Å². The molecule has 0 aliphatic carbocycles. The average Bonchev–Trinajstić information content (AvgIpc) is 2.62. The molecule has 0 unspecified atom stereocenters. The zero-order valence-electron chi connectivity index (χ0n) is 14.5. The van der Waals surface area contributed by atoms with Gasteiger partial charge in [-0.1, -0.05) is 42.5 Å². The predicted octanol–water partition coefficient (Wildman–Crippen LogP) is 2.20. The number of nitrogens with zero attached hydrogens (tertiary/aromatic N) is 1. The normalized spacial score (nSPS) is 17.1. The third kappa shape index (κ3) is 5.10. The molecule has 0 bridgehead atoms. The first-order chi connectivity index (χ1) is 12.5. The fraction of sp³-hybridized carbons (Fsp3) is 0.211. The van der Waals surface area contributed by atoms with Crippen molar-refractivity contribution >= 4 is 16.0 Å². The number of amidine groups is 1. The van der Waals surface area contributed by atoms with E-state index in [9.17, 15) is 8.42 Å². The molecule has 0 aromatic heterocycles. The molecule has 0 radical (unpaired) electrons. The van der Waals surface area contributed by atoms with E-state index in [1.165, 1.54) is 0 Å². The molecule has 6 nitrogen and oxygen atoms in total. The molecule has 0 atom stereocenters. The van der Waals surface area contributed by atoms with E-state index in [0.717, 1.165) is 16.9 Å². The molecule has 7 heteroatoms. The van der Waals surface area contributed by atoms with Crippen LogP contribution in [-0.4, -0.2) is 27.9 Å². The second-order valence-corrected chi connectivity index (χ2v) is 7.32. The van der Waals surface area contributed by atoms with E-state index in [2.05, 4.69) is 14.4 Å². The second kappa shape index (κ2) is 8.05. The highest BCUT2D eigenvalue weighted by Crippen LogP contribution is 2.12. The van der Waals surface area contributed by atoms with Gasteiger partial charge in [-0.15, -0.1) is 0 Å². The molecule has 2 N–H and O–H groups in total. The Hall–Kier alpha value is -2.80. The largest absolute Gasteiger partial charge is 0.497 e. The number of aliphatic imine (C=N–C) groups is 1. The lowest BCUT2D eigenvalue weighted by molar-refractivity contribution is 0.414. The average molecular weight is 371 g/mol. The van der Waals surface area contributed by atoms with Gasteiger partial charge in [0.2, 0.25) is 0 Å². The zero-order valence-corrected chi connectivity index (χ0v) is 15.3. The Kier molecular flexibility index (Phi) is 5.58. The van der Waals surface area contributed by atoms with Gasteiger partial charge in [0.15, 0.2) is 0 Å². The molecule has 0 saturated carbocycles. The van der Waals surface area contributed by atoms with Crippen molar-refractivity contribution in [3.8, 4) is 5.75 Å². The van der Waals surface area contributed by atoms with Crippen LogP contribution in [0.3, 0.4) is 0 Å². The monoisotopic (exact) mass is 371 g/mol. The van der Waals surface area contributed by atoms with Gasteiger partial charge >= 0.3 is 10.2 Å². The smallest absolute Gasteiger partial charge is 0.322 e. The molecule has 0 spiro atoms. The molecule has 1 heterocycles. The van der Waals surface area contributed by atoms with Crippen molar-refractivity contribution < 1.29 is 13.2 Å². The van der Waals surface area contributed by atoms with Crippen LogP contribution >= 0.6 is 0 Å². The summed E-state index contributed by atoms with van der Waals surface area (Å²) >= 11 is 0. The number of nitrogens with one attached hydrogen (secondary N) is 2. The number of methoxy groups -OCH3 is 1. The summed E-state index contributed by atoms with van der Waals surface area (Å²) < 4.78 is 34.1. The maximum Gasteiger partial charge on any atom is 0.322 e. The van der Waals surface area contributed by atoms with Crippen LogP contribution < -0.4 is 14.2 Å². The van der Waals surface area contributed by atoms with Gasteiger partial charge in [-0.25, -0.2) is 0 Å². The van der Waals surface area contributed by atoms with Crippen LogP contribution in [0.2, 0.25) is 0 Å². The van der Waals surface area contributed by atoms with Crippen molar-refractivity contribution in [2.75, 3.05) is 13.7 Å². The maximum atomic E-state index is 12.0. The molecule has 1 aliphatic heterocycles. The van der Waals surface area contributed by atoms with Crippen LogP contribution in [0.25, 0.3) is 0 Å². The van der Waals surface area contributed by atoms with Crippen LogP contribution in [-0.2, 0) is 23.1 Å². The molecule has 0 fully saturated rings. The SMILES string of the molecule is COc1ccc(CCN=C2C=C(Cc3ccccc3)NS(=O)(=O)N2)cc1. The van der Waals surface area contributed by atoms with Crippen molar-refractivity contribution in [2.24, 2.45) is 4.99 Å². The minimum absolute atomic E-state index is 0.350. The van der Waals surface area contributed by atoms with Crippen molar-refractivity contribution in [3.63, 3.8) is 0 Å². The van der Waals surface area contributed by atoms with E-state index in [0.29, 0.717) is 30.9 Å². The highest BCUT2D eigenvalue weighted by atomic mass is 32.2. The van der Waals surface area contributed by atoms with Gasteiger partial charge in [-0.05, 0) is 29.7 Å². The van der Waals surface area contributed by atoms with Crippen molar-refractivity contribution in [3.05, 3.63) is 77.5 Å². The Balaban J connectivity index is 1.68. The minimum atomic E-state index is -3.62. The van der Waals surface area contributed by atoms with E-state index in [1.54, 1.807) is 13.2 Å². The molecule has 2 aromatic rings. The van der Waals surface area contributed by atoms with Crippen LogP contribution in [0.15, 0.2) is 71.4 Å². The predicted molar refractivity (Wildman–Crippen MR) is 102 cm³/mol. The van der Waals surface area contributed by atoms with Crippen LogP contribution in [0.1, 0.15) is 11.1 Å². The topological polar surface area (TPSA) is 79.8 Å². The Morgan fingerprint density at radius 2 is 1.69 bits per heavy atom. The fourth-order valence-corrected chi connectivity index (χ4v) is 3.56. The third-order valence-electron chi connectivity index (χ3n) is 3.89. The van der Waals surface area contributed by atoms with Crippen LogP contribution in [0, 0.1) is 0 Å². The summed E-state index contributed by atoms with van der Waals surface area (Å²) in [6.07, 6.45) is 2.95. The Morgan fingerprint density at radius 3 is 2.38 bits per heavy atom. The van der Waals surface area contributed by atoms with Gasteiger partial charge < -0.3 is 4.74 Å². The lowest BCUT2D eigenvalue weighted by atomic mass is 10.1. The molecule has 2 aromatic carbocycles. The summed E-state index contributed by atoms with van der Waals surface area (Å²) in [7, 11) is -1.99. The first-order valence-corrected chi connectivity index (χ1v) is 9.75. The summed E-state index contributed by atoms with van der Waals surface area (Å²) in [6, 6.07) is 17.4. The minimum Gasteiger partial charge on any atom is -0.497 e. The number of benzene rings is 2. The molecular weight excluding hydrogens is 350 g/mol. The zero-order chi connectivity index (χ0) is 18.4. The number of allylic oxidation sites excluding steroid dienone is 1. The highest BCUT2D eigenvalue weighted by Gasteiger charge is 2.19. The number of ether oxygens (including phenoxy) is 1. The highest BCUT2D eigenvalue weighted by molar-refractivity contribution is 7.88. The summed E-state index contributed by atoms with van der Waals surface area (Å²) in [5.41, 5.74) is 2.74. The molecule has 3 rings (SSSR count). The quantitative estimate of drug-likeness (QED) is 0.817. The number of hydrogen-bond donors (Lipinski definition) is 2. The van der Waals surface area contributed by atoms with Crippen LogP contribution in [0.4, 0.5) is 0 Å². The van der Waals surface area contributed by atoms with Crippen LogP contribution in [0.5, 0.6) is 5.75 Å². The standard InChI is InChI=1S/C19H21N3O3S/c1-25-18-9-7-15(8-10-18)11-12-20-19-14-17(21-26(23,24)22-19)13-16-5-3-2-4-6-16/h2-10,14,21H,11-13H2,1H3,(H,20,22). The second-order valence-electron chi connectivity index (χ2n) is 5.90. The lowest BCUT2D eigenvalue weighted by Crippen LogP contribution is -2.44. The summed E-state index contributed by atoms with van der Waals surface area (Å²) in [4.78, 5) is 4.39. The lowest BCUT2D eigenvalue weighted by Gasteiger charge is -2.19. The molecule has 136 valence electrons. The van der Waals surface area contributed by atoms with Gasteiger partial charge in [0.05, 0.1) is 7.11 Å².